The number of benzene rings is 1. The first-order valence-corrected chi connectivity index (χ1v) is 9.82. The van der Waals surface area contributed by atoms with Crippen LogP contribution in [0.3, 0.4) is 0 Å². The number of anilines is 2. The molecule has 7 heteroatoms. The van der Waals surface area contributed by atoms with E-state index in [1.807, 2.05) is 25.2 Å². The van der Waals surface area contributed by atoms with Gasteiger partial charge in [-0.3, -0.25) is 4.79 Å². The monoisotopic (exact) mass is 373 g/mol. The molecule has 1 aliphatic heterocycles. The van der Waals surface area contributed by atoms with Gasteiger partial charge >= 0.3 is 0 Å². The zero-order valence-electron chi connectivity index (χ0n) is 15.0. The average molecular weight is 373 g/mol. The number of amides is 1. The summed E-state index contributed by atoms with van der Waals surface area (Å²) in [6.07, 6.45) is 5.34. The molecule has 2 heterocycles. The number of ether oxygens (including phenoxy) is 2. The molecule has 1 atom stereocenters. The zero-order chi connectivity index (χ0) is 18.1. The van der Waals surface area contributed by atoms with Crippen molar-refractivity contribution in [1.82, 2.24) is 4.98 Å². The van der Waals surface area contributed by atoms with Gasteiger partial charge in [-0.05, 0) is 43.4 Å². The lowest BCUT2D eigenvalue weighted by atomic mass is 9.91. The molecule has 0 spiro atoms. The van der Waals surface area contributed by atoms with Gasteiger partial charge in [0, 0.05) is 19.4 Å². The van der Waals surface area contributed by atoms with E-state index in [1.54, 1.807) is 18.4 Å². The Hall–Kier alpha value is -2.28. The quantitative estimate of drug-likeness (QED) is 0.829. The first-order chi connectivity index (χ1) is 12.7. The van der Waals surface area contributed by atoms with E-state index in [0.29, 0.717) is 12.2 Å². The van der Waals surface area contributed by atoms with E-state index in [0.717, 1.165) is 39.9 Å². The highest BCUT2D eigenvalue weighted by Crippen LogP contribution is 2.44. The van der Waals surface area contributed by atoms with Crippen molar-refractivity contribution in [3.8, 4) is 11.5 Å². The number of nitrogens with one attached hydrogen (secondary N) is 2. The molecule has 1 amide bonds. The van der Waals surface area contributed by atoms with Gasteiger partial charge in [-0.1, -0.05) is 17.4 Å². The number of carbonyl (C=O) groups excluding carboxylic acids is 1. The van der Waals surface area contributed by atoms with E-state index in [-0.39, 0.29) is 17.9 Å². The van der Waals surface area contributed by atoms with Gasteiger partial charge in [-0.15, -0.1) is 0 Å². The largest absolute Gasteiger partial charge is 0.493 e. The highest BCUT2D eigenvalue weighted by molar-refractivity contribution is 7.16. The van der Waals surface area contributed by atoms with Gasteiger partial charge in [-0.25, -0.2) is 4.98 Å². The topological polar surface area (TPSA) is 72.5 Å². The summed E-state index contributed by atoms with van der Waals surface area (Å²) in [6, 6.07) is 6.01. The van der Waals surface area contributed by atoms with Crippen LogP contribution < -0.4 is 20.1 Å². The number of hydrogen-bond donors (Lipinski definition) is 2. The molecular formula is C19H23N3O3S. The third-order valence-electron chi connectivity index (χ3n) is 5.02. The van der Waals surface area contributed by atoms with Gasteiger partial charge in [0.2, 0.25) is 5.91 Å². The molecule has 0 bridgehead atoms. The Kier molecular flexibility index (Phi) is 4.72. The first kappa shape index (κ1) is 17.1. The maximum atomic E-state index is 12.1. The van der Waals surface area contributed by atoms with Crippen LogP contribution in [0.5, 0.6) is 11.5 Å². The Labute approximate surface area is 156 Å². The maximum Gasteiger partial charge on any atom is 0.226 e. The minimum atomic E-state index is -0.0206. The van der Waals surface area contributed by atoms with Crippen molar-refractivity contribution in [2.24, 2.45) is 0 Å². The smallest absolute Gasteiger partial charge is 0.226 e. The van der Waals surface area contributed by atoms with Gasteiger partial charge in [0.1, 0.15) is 5.82 Å². The normalized spacial score (nSPS) is 19.8. The third-order valence-corrected chi connectivity index (χ3v) is 6.20. The fourth-order valence-electron chi connectivity index (χ4n) is 3.68. The van der Waals surface area contributed by atoms with Crippen molar-refractivity contribution < 1.29 is 14.3 Å². The summed E-state index contributed by atoms with van der Waals surface area (Å²) in [5.74, 6) is 2.13. The molecule has 0 saturated heterocycles. The van der Waals surface area contributed by atoms with Crippen LogP contribution in [-0.4, -0.2) is 31.2 Å². The Morgan fingerprint density at radius 1 is 1.27 bits per heavy atom. The van der Waals surface area contributed by atoms with Gasteiger partial charge in [0.15, 0.2) is 16.6 Å². The van der Waals surface area contributed by atoms with Crippen LogP contribution in [0.4, 0.5) is 10.9 Å². The standard InChI is InChI=1S/C19H23N3O3S/c1-20-19-22-18-17(26-19)13(10-16(23)21-18)11-7-8-14(15(9-11)24-2)25-12-5-3-4-6-12/h7-9,12-13H,3-6,10H2,1-2H3,(H,20,22)(H,21,23). The lowest BCUT2D eigenvalue weighted by Gasteiger charge is -2.23. The molecule has 138 valence electrons. The number of fused-ring (bicyclic) bond motifs is 1. The van der Waals surface area contributed by atoms with E-state index in [2.05, 4.69) is 15.6 Å². The van der Waals surface area contributed by atoms with E-state index in [9.17, 15) is 4.79 Å². The first-order valence-electron chi connectivity index (χ1n) is 9.01. The Morgan fingerprint density at radius 2 is 2.08 bits per heavy atom. The summed E-state index contributed by atoms with van der Waals surface area (Å²) in [5.41, 5.74) is 1.04. The highest BCUT2D eigenvalue weighted by atomic mass is 32.1. The number of carbonyl (C=O) groups is 1. The van der Waals surface area contributed by atoms with E-state index >= 15 is 0 Å². The van der Waals surface area contributed by atoms with Crippen molar-refractivity contribution in [3.05, 3.63) is 28.6 Å². The molecule has 1 aromatic heterocycles. The zero-order valence-corrected chi connectivity index (χ0v) is 15.8. The van der Waals surface area contributed by atoms with Crippen LogP contribution in [-0.2, 0) is 4.79 Å². The number of aromatic nitrogens is 1. The van der Waals surface area contributed by atoms with Gasteiger partial charge in [-0.2, -0.15) is 0 Å². The minimum absolute atomic E-state index is 0.0132. The van der Waals surface area contributed by atoms with Crippen LogP contribution in [0.2, 0.25) is 0 Å². The second kappa shape index (κ2) is 7.15. The Bertz CT molecular complexity index is 814. The fourth-order valence-corrected chi connectivity index (χ4v) is 4.68. The maximum absolute atomic E-state index is 12.1. The minimum Gasteiger partial charge on any atom is -0.493 e. The lowest BCUT2D eigenvalue weighted by molar-refractivity contribution is -0.116. The fraction of sp³-hybridized carbons (Fsp3) is 0.474. The second-order valence-corrected chi connectivity index (χ2v) is 7.75. The van der Waals surface area contributed by atoms with Crippen LogP contribution >= 0.6 is 11.3 Å². The summed E-state index contributed by atoms with van der Waals surface area (Å²) in [5, 5.41) is 6.72. The van der Waals surface area contributed by atoms with Crippen molar-refractivity contribution in [2.75, 3.05) is 24.8 Å². The third kappa shape index (κ3) is 3.23. The van der Waals surface area contributed by atoms with Crippen molar-refractivity contribution in [2.45, 2.75) is 44.1 Å². The van der Waals surface area contributed by atoms with Gasteiger partial charge < -0.3 is 20.1 Å². The number of methoxy groups -OCH3 is 1. The SMILES string of the molecule is CNc1nc2c(s1)C(c1ccc(OC3CCCC3)c(OC)c1)CC(=O)N2. The molecular weight excluding hydrogens is 350 g/mol. The molecule has 1 saturated carbocycles. The molecule has 2 aliphatic rings. The van der Waals surface area contributed by atoms with E-state index in [1.165, 1.54) is 12.8 Å². The molecule has 2 aromatic rings. The summed E-state index contributed by atoms with van der Waals surface area (Å²) in [4.78, 5) is 17.6. The number of hydrogen-bond acceptors (Lipinski definition) is 6. The highest BCUT2D eigenvalue weighted by Gasteiger charge is 2.31. The van der Waals surface area contributed by atoms with Crippen LogP contribution in [0.25, 0.3) is 0 Å². The predicted octanol–water partition coefficient (Wildman–Crippen LogP) is 3.99. The molecule has 4 rings (SSSR count). The molecule has 1 fully saturated rings. The van der Waals surface area contributed by atoms with E-state index in [4.69, 9.17) is 9.47 Å². The lowest BCUT2D eigenvalue weighted by Crippen LogP contribution is -2.22. The molecule has 6 nitrogen and oxygen atoms in total. The summed E-state index contributed by atoms with van der Waals surface area (Å²) in [7, 11) is 3.49. The molecule has 1 unspecified atom stereocenters. The van der Waals surface area contributed by atoms with Crippen molar-refractivity contribution >= 4 is 28.2 Å². The number of nitrogens with zero attached hydrogens (tertiary/aromatic N) is 1. The van der Waals surface area contributed by atoms with E-state index < -0.39 is 0 Å². The van der Waals surface area contributed by atoms with Gasteiger partial charge in [0.05, 0.1) is 18.1 Å². The molecule has 2 N–H and O–H groups in total. The average Bonchev–Trinajstić information content (AvgIpc) is 3.30. The van der Waals surface area contributed by atoms with Crippen LogP contribution in [0.1, 0.15) is 48.5 Å². The Balaban J connectivity index is 1.65. The van der Waals surface area contributed by atoms with Gasteiger partial charge in [0.25, 0.3) is 0 Å². The molecule has 0 radical (unpaired) electrons. The van der Waals surface area contributed by atoms with Crippen molar-refractivity contribution in [3.63, 3.8) is 0 Å². The summed E-state index contributed by atoms with van der Waals surface area (Å²) < 4.78 is 11.7. The van der Waals surface area contributed by atoms with Crippen molar-refractivity contribution in [1.29, 1.82) is 0 Å². The second-order valence-electron chi connectivity index (χ2n) is 6.72. The molecule has 26 heavy (non-hydrogen) atoms. The number of thiazole rings is 1. The van der Waals surface area contributed by atoms with Crippen LogP contribution in [0, 0.1) is 0 Å². The molecule has 1 aliphatic carbocycles. The van der Waals surface area contributed by atoms with Crippen LogP contribution in [0.15, 0.2) is 18.2 Å². The summed E-state index contributed by atoms with van der Waals surface area (Å²) in [6.45, 7) is 0. The summed E-state index contributed by atoms with van der Waals surface area (Å²) >= 11 is 1.58. The molecule has 1 aromatic carbocycles. The number of rotatable bonds is 5. The Morgan fingerprint density at radius 3 is 2.81 bits per heavy atom. The predicted molar refractivity (Wildman–Crippen MR) is 103 cm³/mol.